The number of carbonyl (C=O) groups excluding carboxylic acids is 2. The molecule has 0 saturated carbocycles. The first-order valence-corrected chi connectivity index (χ1v) is 7.20. The average molecular weight is 277 g/mol. The van der Waals surface area contributed by atoms with Gasteiger partial charge in [-0.1, -0.05) is 26.7 Å². The molecule has 1 heterocycles. The lowest BCUT2D eigenvalue weighted by molar-refractivity contribution is 0.0952. The van der Waals surface area contributed by atoms with E-state index in [9.17, 15) is 9.59 Å². The van der Waals surface area contributed by atoms with E-state index in [0.717, 1.165) is 25.7 Å². The van der Waals surface area contributed by atoms with E-state index in [1.807, 2.05) is 6.92 Å². The first-order valence-electron chi connectivity index (χ1n) is 7.20. The Kier molecular flexibility index (Phi) is 7.32. The van der Waals surface area contributed by atoms with Gasteiger partial charge in [-0.3, -0.25) is 14.6 Å². The van der Waals surface area contributed by atoms with Gasteiger partial charge in [0.25, 0.3) is 11.8 Å². The van der Waals surface area contributed by atoms with Gasteiger partial charge < -0.3 is 10.6 Å². The smallest absolute Gasteiger partial charge is 0.252 e. The largest absolute Gasteiger partial charge is 0.352 e. The lowest BCUT2D eigenvalue weighted by Gasteiger charge is -2.07. The van der Waals surface area contributed by atoms with Crippen LogP contribution in [0.1, 0.15) is 60.2 Å². The molecule has 20 heavy (non-hydrogen) atoms. The second kappa shape index (κ2) is 9.07. The van der Waals surface area contributed by atoms with Gasteiger partial charge in [0, 0.05) is 25.5 Å². The standard InChI is InChI=1S/C15H23N3O2/c1-3-5-6-8-18-15(20)13-9-12(10-16-11-13)14(19)17-7-4-2/h9-11H,3-8H2,1-2H3,(H,17,19)(H,18,20). The molecular formula is C15H23N3O2. The topological polar surface area (TPSA) is 71.1 Å². The summed E-state index contributed by atoms with van der Waals surface area (Å²) in [5.74, 6) is -0.376. The van der Waals surface area contributed by atoms with Gasteiger partial charge in [-0.15, -0.1) is 0 Å². The molecule has 0 aliphatic rings. The van der Waals surface area contributed by atoms with Crippen LogP contribution in [0.15, 0.2) is 18.5 Å². The van der Waals surface area contributed by atoms with Crippen molar-refractivity contribution in [2.75, 3.05) is 13.1 Å². The lowest BCUT2D eigenvalue weighted by atomic mass is 10.2. The molecular weight excluding hydrogens is 254 g/mol. The molecule has 0 aromatic carbocycles. The molecule has 0 aliphatic heterocycles. The zero-order valence-electron chi connectivity index (χ0n) is 12.2. The van der Waals surface area contributed by atoms with E-state index in [-0.39, 0.29) is 11.8 Å². The van der Waals surface area contributed by atoms with E-state index < -0.39 is 0 Å². The predicted molar refractivity (Wildman–Crippen MR) is 78.7 cm³/mol. The Morgan fingerprint density at radius 1 is 0.950 bits per heavy atom. The molecule has 1 aromatic heterocycles. The Balaban J connectivity index is 2.58. The molecule has 0 spiro atoms. The number of nitrogens with one attached hydrogen (secondary N) is 2. The molecule has 0 atom stereocenters. The molecule has 110 valence electrons. The van der Waals surface area contributed by atoms with Crippen LogP contribution in [-0.4, -0.2) is 29.9 Å². The Hall–Kier alpha value is -1.91. The van der Waals surface area contributed by atoms with Crippen LogP contribution in [0.25, 0.3) is 0 Å². The number of carbonyl (C=O) groups is 2. The Morgan fingerprint density at radius 2 is 1.55 bits per heavy atom. The van der Waals surface area contributed by atoms with Crippen LogP contribution in [0.4, 0.5) is 0 Å². The summed E-state index contributed by atoms with van der Waals surface area (Å²) in [6.45, 7) is 5.37. The van der Waals surface area contributed by atoms with Gasteiger partial charge in [0.1, 0.15) is 0 Å². The van der Waals surface area contributed by atoms with Crippen molar-refractivity contribution in [1.82, 2.24) is 15.6 Å². The molecule has 1 aromatic rings. The number of nitrogens with zero attached hydrogens (tertiary/aromatic N) is 1. The van der Waals surface area contributed by atoms with Crippen LogP contribution >= 0.6 is 0 Å². The van der Waals surface area contributed by atoms with Crippen molar-refractivity contribution >= 4 is 11.8 Å². The number of amides is 2. The van der Waals surface area contributed by atoms with E-state index in [2.05, 4.69) is 22.5 Å². The number of hydrogen-bond donors (Lipinski definition) is 2. The lowest BCUT2D eigenvalue weighted by Crippen LogP contribution is -2.27. The van der Waals surface area contributed by atoms with E-state index in [4.69, 9.17) is 0 Å². The highest BCUT2D eigenvalue weighted by Gasteiger charge is 2.10. The van der Waals surface area contributed by atoms with Gasteiger partial charge in [-0.05, 0) is 18.9 Å². The van der Waals surface area contributed by atoms with E-state index in [1.54, 1.807) is 6.07 Å². The van der Waals surface area contributed by atoms with Crippen molar-refractivity contribution in [3.8, 4) is 0 Å². The first kappa shape index (κ1) is 16.1. The first-order chi connectivity index (χ1) is 9.69. The van der Waals surface area contributed by atoms with Crippen LogP contribution in [-0.2, 0) is 0 Å². The molecule has 0 aliphatic carbocycles. The van der Waals surface area contributed by atoms with Crippen molar-refractivity contribution in [2.45, 2.75) is 39.5 Å². The van der Waals surface area contributed by atoms with Crippen molar-refractivity contribution < 1.29 is 9.59 Å². The van der Waals surface area contributed by atoms with E-state index in [1.165, 1.54) is 12.4 Å². The van der Waals surface area contributed by atoms with Crippen molar-refractivity contribution in [2.24, 2.45) is 0 Å². The summed E-state index contributed by atoms with van der Waals surface area (Å²) >= 11 is 0. The van der Waals surface area contributed by atoms with Crippen LogP contribution in [0.3, 0.4) is 0 Å². The summed E-state index contributed by atoms with van der Waals surface area (Å²) in [5, 5.41) is 5.60. The number of hydrogen-bond acceptors (Lipinski definition) is 3. The molecule has 2 N–H and O–H groups in total. The molecule has 0 saturated heterocycles. The molecule has 0 radical (unpaired) electrons. The van der Waals surface area contributed by atoms with Crippen LogP contribution in [0.5, 0.6) is 0 Å². The summed E-state index contributed by atoms with van der Waals surface area (Å²) in [4.78, 5) is 27.7. The fraction of sp³-hybridized carbons (Fsp3) is 0.533. The number of aromatic nitrogens is 1. The third-order valence-corrected chi connectivity index (χ3v) is 2.86. The van der Waals surface area contributed by atoms with Gasteiger partial charge >= 0.3 is 0 Å². The van der Waals surface area contributed by atoms with Crippen LogP contribution in [0, 0.1) is 0 Å². The minimum Gasteiger partial charge on any atom is -0.352 e. The third-order valence-electron chi connectivity index (χ3n) is 2.86. The van der Waals surface area contributed by atoms with Gasteiger partial charge in [0.2, 0.25) is 0 Å². The summed E-state index contributed by atoms with van der Waals surface area (Å²) in [6, 6.07) is 1.58. The van der Waals surface area contributed by atoms with Crippen molar-refractivity contribution in [3.05, 3.63) is 29.6 Å². The van der Waals surface area contributed by atoms with Crippen molar-refractivity contribution in [3.63, 3.8) is 0 Å². The highest BCUT2D eigenvalue weighted by atomic mass is 16.2. The predicted octanol–water partition coefficient (Wildman–Crippen LogP) is 2.14. The molecule has 1 rings (SSSR count). The Labute approximate surface area is 120 Å². The van der Waals surface area contributed by atoms with Gasteiger partial charge in [-0.2, -0.15) is 0 Å². The molecule has 2 amide bonds. The minimum atomic E-state index is -0.194. The van der Waals surface area contributed by atoms with Gasteiger partial charge in [0.05, 0.1) is 11.1 Å². The Bertz CT molecular complexity index is 446. The summed E-state index contributed by atoms with van der Waals surface area (Å²) < 4.78 is 0. The van der Waals surface area contributed by atoms with Crippen molar-refractivity contribution in [1.29, 1.82) is 0 Å². The summed E-state index contributed by atoms with van der Waals surface area (Å²) in [7, 11) is 0. The maximum absolute atomic E-state index is 11.9. The quantitative estimate of drug-likeness (QED) is 0.715. The van der Waals surface area contributed by atoms with E-state index >= 15 is 0 Å². The third kappa shape index (κ3) is 5.38. The van der Waals surface area contributed by atoms with Gasteiger partial charge in [0.15, 0.2) is 0 Å². The molecule has 0 unspecified atom stereocenters. The zero-order valence-corrected chi connectivity index (χ0v) is 12.2. The average Bonchev–Trinajstić information content (AvgIpc) is 2.49. The maximum atomic E-state index is 11.9. The second-order valence-corrected chi connectivity index (χ2v) is 4.68. The molecule has 0 fully saturated rings. The molecule has 5 nitrogen and oxygen atoms in total. The number of unbranched alkanes of at least 4 members (excludes halogenated alkanes) is 2. The number of rotatable bonds is 8. The molecule has 0 bridgehead atoms. The SMILES string of the molecule is CCCCCNC(=O)c1cncc(C(=O)NCCC)c1. The van der Waals surface area contributed by atoms with E-state index in [0.29, 0.717) is 24.2 Å². The van der Waals surface area contributed by atoms with Gasteiger partial charge in [-0.25, -0.2) is 0 Å². The molecule has 5 heteroatoms. The summed E-state index contributed by atoms with van der Waals surface area (Å²) in [5.41, 5.74) is 0.838. The summed E-state index contributed by atoms with van der Waals surface area (Å²) in [6.07, 6.45) is 7.00. The fourth-order valence-electron chi connectivity index (χ4n) is 1.71. The zero-order chi connectivity index (χ0) is 14.8. The Morgan fingerprint density at radius 3 is 2.10 bits per heavy atom. The minimum absolute atomic E-state index is 0.182. The highest BCUT2D eigenvalue weighted by molar-refractivity contribution is 5.99. The monoisotopic (exact) mass is 277 g/mol. The maximum Gasteiger partial charge on any atom is 0.252 e. The normalized spacial score (nSPS) is 10.1. The highest BCUT2D eigenvalue weighted by Crippen LogP contribution is 2.03. The fourth-order valence-corrected chi connectivity index (χ4v) is 1.71. The van der Waals surface area contributed by atoms with Crippen LogP contribution in [0.2, 0.25) is 0 Å². The second-order valence-electron chi connectivity index (χ2n) is 4.68. The van der Waals surface area contributed by atoms with Crippen LogP contribution < -0.4 is 10.6 Å². The number of pyridine rings is 1.